The van der Waals surface area contributed by atoms with E-state index >= 15 is 0 Å². The van der Waals surface area contributed by atoms with Crippen molar-refractivity contribution in [1.82, 2.24) is 4.98 Å². The van der Waals surface area contributed by atoms with E-state index in [0.717, 1.165) is 40.2 Å². The number of benzene rings is 1. The second-order valence-corrected chi connectivity index (χ2v) is 5.27. The van der Waals surface area contributed by atoms with Crippen LogP contribution in [0.4, 0.5) is 17.1 Å². The van der Waals surface area contributed by atoms with Crippen LogP contribution in [0, 0.1) is 0 Å². The number of nitrogens with zero attached hydrogens (tertiary/aromatic N) is 1. The Morgan fingerprint density at radius 1 is 1.20 bits per heavy atom. The monoisotopic (exact) mass is 335 g/mol. The number of hydrogen-bond acceptors (Lipinski definition) is 4. The molecule has 0 unspecified atom stereocenters. The van der Waals surface area contributed by atoms with E-state index in [4.69, 9.17) is 4.74 Å². The van der Waals surface area contributed by atoms with Gasteiger partial charge in [0.1, 0.15) is 5.75 Å². The lowest BCUT2D eigenvalue weighted by Gasteiger charge is -2.12. The Morgan fingerprint density at radius 2 is 2.00 bits per heavy atom. The third-order valence-corrected chi connectivity index (χ3v) is 3.25. The number of anilines is 3. The smallest absolute Gasteiger partial charge is 0.142 e. The average molecular weight is 336 g/mol. The summed E-state index contributed by atoms with van der Waals surface area (Å²) in [6, 6.07) is 7.87. The molecule has 20 heavy (non-hydrogen) atoms. The number of halogens is 1. The van der Waals surface area contributed by atoms with Crippen molar-refractivity contribution in [3.8, 4) is 5.75 Å². The molecule has 0 aliphatic rings. The van der Waals surface area contributed by atoms with Gasteiger partial charge in [-0.15, -0.1) is 0 Å². The van der Waals surface area contributed by atoms with Crippen LogP contribution in [0.2, 0.25) is 0 Å². The first-order valence-electron chi connectivity index (χ1n) is 6.52. The van der Waals surface area contributed by atoms with Gasteiger partial charge in [-0.05, 0) is 30.7 Å². The first-order valence-corrected chi connectivity index (χ1v) is 7.31. The van der Waals surface area contributed by atoms with Gasteiger partial charge >= 0.3 is 0 Å². The van der Waals surface area contributed by atoms with Crippen molar-refractivity contribution in [1.29, 1.82) is 0 Å². The van der Waals surface area contributed by atoms with Crippen LogP contribution in [-0.4, -0.2) is 18.6 Å². The Labute approximate surface area is 127 Å². The molecular weight excluding hydrogens is 318 g/mol. The Hall–Kier alpha value is -1.75. The van der Waals surface area contributed by atoms with E-state index in [0.29, 0.717) is 0 Å². The molecule has 0 atom stereocenters. The third kappa shape index (κ3) is 3.87. The molecule has 0 saturated heterocycles. The van der Waals surface area contributed by atoms with Crippen LogP contribution < -0.4 is 15.4 Å². The zero-order valence-electron chi connectivity index (χ0n) is 11.6. The summed E-state index contributed by atoms with van der Waals surface area (Å²) >= 11 is 3.46. The zero-order chi connectivity index (χ0) is 14.4. The van der Waals surface area contributed by atoms with Crippen molar-refractivity contribution >= 4 is 33.0 Å². The molecular formula is C15H18BrN3O. The van der Waals surface area contributed by atoms with E-state index in [2.05, 4.69) is 38.5 Å². The van der Waals surface area contributed by atoms with Crippen LogP contribution in [0.1, 0.15) is 13.3 Å². The van der Waals surface area contributed by atoms with Crippen molar-refractivity contribution in [3.63, 3.8) is 0 Å². The molecule has 0 radical (unpaired) electrons. The predicted octanol–water partition coefficient (Wildman–Crippen LogP) is 4.42. The molecule has 106 valence electrons. The fourth-order valence-corrected chi connectivity index (χ4v) is 2.17. The summed E-state index contributed by atoms with van der Waals surface area (Å²) < 4.78 is 6.34. The Kier molecular flexibility index (Phi) is 5.24. The van der Waals surface area contributed by atoms with Gasteiger partial charge in [0.15, 0.2) is 0 Å². The van der Waals surface area contributed by atoms with Crippen LogP contribution in [0.3, 0.4) is 0 Å². The van der Waals surface area contributed by atoms with Gasteiger partial charge in [-0.25, -0.2) is 0 Å². The minimum atomic E-state index is 0.792. The topological polar surface area (TPSA) is 46.2 Å². The lowest BCUT2D eigenvalue weighted by atomic mass is 10.2. The summed E-state index contributed by atoms with van der Waals surface area (Å²) in [5, 5.41) is 6.64. The van der Waals surface area contributed by atoms with Gasteiger partial charge in [0, 0.05) is 11.0 Å². The van der Waals surface area contributed by atoms with Crippen molar-refractivity contribution in [2.24, 2.45) is 0 Å². The second-order valence-electron chi connectivity index (χ2n) is 4.36. The molecule has 0 aliphatic carbocycles. The van der Waals surface area contributed by atoms with Gasteiger partial charge in [0.25, 0.3) is 0 Å². The number of nitrogens with one attached hydrogen (secondary N) is 2. The van der Waals surface area contributed by atoms with E-state index in [1.165, 1.54) is 0 Å². The second kappa shape index (κ2) is 7.14. The number of rotatable bonds is 6. The van der Waals surface area contributed by atoms with Crippen LogP contribution in [0.5, 0.6) is 5.75 Å². The van der Waals surface area contributed by atoms with Gasteiger partial charge in [-0.3, -0.25) is 4.98 Å². The lowest BCUT2D eigenvalue weighted by molar-refractivity contribution is 0.417. The first kappa shape index (κ1) is 14.7. The highest BCUT2D eigenvalue weighted by Gasteiger charge is 2.05. The normalized spacial score (nSPS) is 10.2. The Morgan fingerprint density at radius 3 is 2.75 bits per heavy atom. The number of aromatic nitrogens is 1. The predicted molar refractivity (Wildman–Crippen MR) is 87.0 cm³/mol. The minimum absolute atomic E-state index is 0.792. The molecule has 1 aromatic heterocycles. The maximum atomic E-state index is 5.35. The van der Waals surface area contributed by atoms with E-state index in [-0.39, 0.29) is 0 Å². The third-order valence-electron chi connectivity index (χ3n) is 2.76. The van der Waals surface area contributed by atoms with Gasteiger partial charge in [0.2, 0.25) is 0 Å². The highest BCUT2D eigenvalue weighted by molar-refractivity contribution is 9.10. The minimum Gasteiger partial charge on any atom is -0.495 e. The molecule has 0 spiro atoms. The highest BCUT2D eigenvalue weighted by atomic mass is 79.9. The maximum absolute atomic E-state index is 5.35. The Bertz CT molecular complexity index is 575. The molecule has 0 amide bonds. The zero-order valence-corrected chi connectivity index (χ0v) is 13.2. The lowest BCUT2D eigenvalue weighted by Crippen LogP contribution is -2.01. The van der Waals surface area contributed by atoms with Crippen LogP contribution in [0.25, 0.3) is 0 Å². The fraction of sp³-hybridized carbons (Fsp3) is 0.267. The molecule has 2 N–H and O–H groups in total. The molecule has 2 rings (SSSR count). The van der Waals surface area contributed by atoms with Crippen LogP contribution in [0.15, 0.2) is 41.1 Å². The van der Waals surface area contributed by atoms with E-state index < -0.39 is 0 Å². The highest BCUT2D eigenvalue weighted by Crippen LogP contribution is 2.30. The van der Waals surface area contributed by atoms with Gasteiger partial charge in [-0.2, -0.15) is 0 Å². The quantitative estimate of drug-likeness (QED) is 0.820. The molecule has 0 saturated carbocycles. The molecule has 5 heteroatoms. The molecule has 1 aromatic carbocycles. The molecule has 4 nitrogen and oxygen atoms in total. The summed E-state index contributed by atoms with van der Waals surface area (Å²) in [5.74, 6) is 0.792. The largest absolute Gasteiger partial charge is 0.495 e. The van der Waals surface area contributed by atoms with E-state index in [1.54, 1.807) is 13.3 Å². The SMILES string of the molecule is CCCNc1cncc(Nc2cc(Br)ccc2OC)c1. The van der Waals surface area contributed by atoms with Gasteiger partial charge in [0.05, 0.1) is 36.6 Å². The maximum Gasteiger partial charge on any atom is 0.142 e. The average Bonchev–Trinajstić information content (AvgIpc) is 2.46. The molecule has 0 aliphatic heterocycles. The molecule has 2 aromatic rings. The summed E-state index contributed by atoms with van der Waals surface area (Å²) in [4.78, 5) is 4.23. The summed E-state index contributed by atoms with van der Waals surface area (Å²) in [6.07, 6.45) is 4.69. The molecule has 0 bridgehead atoms. The van der Waals surface area contributed by atoms with Crippen molar-refractivity contribution in [2.75, 3.05) is 24.3 Å². The molecule has 0 fully saturated rings. The standard InChI is InChI=1S/C15H18BrN3O/c1-3-6-18-12-8-13(10-17-9-12)19-14-7-11(16)4-5-15(14)20-2/h4-5,7-10,18-19H,3,6H2,1-2H3. The van der Waals surface area contributed by atoms with Crippen molar-refractivity contribution < 1.29 is 4.74 Å². The number of hydrogen-bond donors (Lipinski definition) is 2. The molecule has 1 heterocycles. The summed E-state index contributed by atoms with van der Waals surface area (Å²) in [6.45, 7) is 3.07. The summed E-state index contributed by atoms with van der Waals surface area (Å²) in [5.41, 5.74) is 2.82. The first-order chi connectivity index (χ1) is 9.72. The number of pyridine rings is 1. The van der Waals surface area contributed by atoms with Crippen molar-refractivity contribution in [2.45, 2.75) is 13.3 Å². The number of methoxy groups -OCH3 is 1. The van der Waals surface area contributed by atoms with Crippen LogP contribution >= 0.6 is 15.9 Å². The van der Waals surface area contributed by atoms with E-state index in [9.17, 15) is 0 Å². The summed E-state index contributed by atoms with van der Waals surface area (Å²) in [7, 11) is 1.66. The van der Waals surface area contributed by atoms with Crippen molar-refractivity contribution in [3.05, 3.63) is 41.1 Å². The van der Waals surface area contributed by atoms with Crippen LogP contribution in [-0.2, 0) is 0 Å². The number of ether oxygens (including phenoxy) is 1. The van der Waals surface area contributed by atoms with Gasteiger partial charge in [-0.1, -0.05) is 22.9 Å². The van der Waals surface area contributed by atoms with Gasteiger partial charge < -0.3 is 15.4 Å². The Balaban J connectivity index is 2.19. The van der Waals surface area contributed by atoms with E-state index in [1.807, 2.05) is 30.5 Å². The fourth-order valence-electron chi connectivity index (χ4n) is 1.81.